The first-order valence-electron chi connectivity index (χ1n) is 30.1. The van der Waals surface area contributed by atoms with Crippen molar-refractivity contribution in [2.24, 2.45) is 5.73 Å². The maximum Gasteiger partial charge on any atom is 0.510 e. The number of hydrogen-bond acceptors (Lipinski definition) is 21. The van der Waals surface area contributed by atoms with Crippen molar-refractivity contribution in [2.45, 2.75) is 135 Å². The molecular formula is C63H75N13O15S. The quantitative estimate of drug-likeness (QED) is 0.0180. The molecule has 4 aromatic heterocycles. The van der Waals surface area contributed by atoms with Gasteiger partial charge in [-0.3, -0.25) is 28.8 Å². The molecule has 2 atom stereocenters. The van der Waals surface area contributed by atoms with E-state index >= 15 is 0 Å². The fourth-order valence-electron chi connectivity index (χ4n) is 10.5. The number of unbranched alkanes of at least 4 members (excludes halogenated alkanes) is 2. The molecule has 0 aliphatic carbocycles. The molecule has 2 aliphatic rings. The third-order valence-corrected chi connectivity index (χ3v) is 16.1. The Kier molecular flexibility index (Phi) is 23.8. The number of benzene rings is 2. The normalized spacial score (nSPS) is 14.2. The van der Waals surface area contributed by atoms with Crippen molar-refractivity contribution >= 4 is 68.1 Å². The van der Waals surface area contributed by atoms with Crippen molar-refractivity contribution in [3.63, 3.8) is 0 Å². The number of nitrogens with two attached hydrogens (primary N) is 1. The molecule has 6 aromatic rings. The first-order valence-corrected chi connectivity index (χ1v) is 32.0. The van der Waals surface area contributed by atoms with Gasteiger partial charge in [0.05, 0.1) is 67.1 Å². The fraction of sp³-hybridized carbons (Fsp3) is 0.444. The average Bonchev–Trinajstić information content (AvgIpc) is 1.43. The number of cyclic esters (lactones) is 1. The monoisotopic (exact) mass is 1290 g/mol. The number of aromatic nitrogens is 7. The Bertz CT molecular complexity index is 3920. The number of carbonyl (C=O) groups excluding carboxylic acids is 7. The standard InChI is InChI=1S/C63H75N13O15S/c1-6-63(50-30-53-57-48(35-76(53)59(82)49(50)37-89-60(63)83)46(23-26-75(40(2)3)41(4)77)47-15-10-11-16-51(47)71-57)91-62(84)90-36-42-19-21-44(22-20-42)69-58(81)52(17-12-13-24-64)70-56(80)39-88-38-55(79)65-25-28-87-29-27-74-34-45(72-73-74)33-66-54(78)18-9-7-8-14-43-31-67-61(68-32-43)92(5,85)86/h10-11,15-16,19-22,30-32,34,40,52H,6-7,9,12-13,17-18,23-29,33,35-39,64H2,1-5H3,(H,65,79)(H,66,78)(H,69,81)(H,70,80)/t52-,63-/m0/s1. The van der Waals surface area contributed by atoms with E-state index in [0.29, 0.717) is 91.2 Å². The summed E-state index contributed by atoms with van der Waals surface area (Å²) >= 11 is 0. The number of nitrogens with one attached hydrogen (secondary N) is 4. The highest BCUT2D eigenvalue weighted by Gasteiger charge is 2.51. The molecule has 0 spiro atoms. The summed E-state index contributed by atoms with van der Waals surface area (Å²) in [5.74, 6) is 3.00. The molecule has 0 unspecified atom stereocenters. The van der Waals surface area contributed by atoms with Gasteiger partial charge in [-0.25, -0.2) is 37.6 Å². The highest BCUT2D eigenvalue weighted by atomic mass is 32.2. The Morgan fingerprint density at radius 1 is 0.924 bits per heavy atom. The highest BCUT2D eigenvalue weighted by Crippen LogP contribution is 2.42. The van der Waals surface area contributed by atoms with E-state index in [1.807, 2.05) is 38.1 Å². The molecule has 0 saturated carbocycles. The SMILES string of the molecule is CC[C@@]1(OC(=O)OCc2ccc(NC(=O)[C@H](CCCCN)NC(=O)COCC(=O)NCCOCCn3cc(CNC(=O)CCCC#Cc4cnc(S(C)(=O)=O)nc4)nn3)cc2)C(=O)OCc2c1cc1n(c2=O)Cc2c-1nc1ccccc1c2CCN(C(C)=O)C(C)C. The summed E-state index contributed by atoms with van der Waals surface area (Å²) in [6.07, 6.45) is 7.11. The largest absolute Gasteiger partial charge is 0.510 e. The van der Waals surface area contributed by atoms with Crippen molar-refractivity contribution in [2.75, 3.05) is 57.6 Å². The molecule has 0 saturated heterocycles. The second kappa shape index (κ2) is 32.0. The third-order valence-electron chi connectivity index (χ3n) is 15.2. The van der Waals surface area contributed by atoms with Gasteiger partial charge in [0.15, 0.2) is 0 Å². The molecule has 92 heavy (non-hydrogen) atoms. The number of fused-ring (bicyclic) bond motifs is 5. The van der Waals surface area contributed by atoms with Gasteiger partial charge in [-0.15, -0.1) is 5.10 Å². The van der Waals surface area contributed by atoms with Crippen LogP contribution < -0.4 is 32.6 Å². The van der Waals surface area contributed by atoms with Crippen LogP contribution in [0.15, 0.2) is 83.1 Å². The van der Waals surface area contributed by atoms with Crippen LogP contribution in [-0.4, -0.2) is 154 Å². The predicted molar refractivity (Wildman–Crippen MR) is 332 cm³/mol. The zero-order valence-electron chi connectivity index (χ0n) is 51.9. The van der Waals surface area contributed by atoms with E-state index in [2.05, 4.69) is 53.4 Å². The molecule has 0 radical (unpaired) electrons. The van der Waals surface area contributed by atoms with Crippen LogP contribution in [0, 0.1) is 11.8 Å². The summed E-state index contributed by atoms with van der Waals surface area (Å²) in [6, 6.07) is 14.6. The second-order valence-electron chi connectivity index (χ2n) is 22.2. The highest BCUT2D eigenvalue weighted by molar-refractivity contribution is 7.90. The number of sulfone groups is 1. The molecule has 0 bridgehead atoms. The predicted octanol–water partition coefficient (Wildman–Crippen LogP) is 3.27. The van der Waals surface area contributed by atoms with E-state index < -0.39 is 70.1 Å². The van der Waals surface area contributed by atoms with Gasteiger partial charge < -0.3 is 60.2 Å². The maximum absolute atomic E-state index is 14.4. The van der Waals surface area contributed by atoms with E-state index in [1.54, 1.807) is 57.6 Å². The van der Waals surface area contributed by atoms with Gasteiger partial charge in [0.1, 0.15) is 38.2 Å². The molecule has 0 fully saturated rings. The van der Waals surface area contributed by atoms with Crippen molar-refractivity contribution in [1.29, 1.82) is 0 Å². The topological polar surface area (TPSA) is 369 Å². The van der Waals surface area contributed by atoms with Crippen molar-refractivity contribution < 1.29 is 65.7 Å². The molecule has 6 heterocycles. The van der Waals surface area contributed by atoms with Gasteiger partial charge in [0.25, 0.3) is 5.56 Å². The summed E-state index contributed by atoms with van der Waals surface area (Å²) in [5, 5.41) is 19.6. The molecule has 5 amide bonds. The smallest absolute Gasteiger partial charge is 0.457 e. The van der Waals surface area contributed by atoms with E-state index in [-0.39, 0.29) is 99.5 Å². The second-order valence-corrected chi connectivity index (χ2v) is 24.1. The fourth-order valence-corrected chi connectivity index (χ4v) is 11.0. The van der Waals surface area contributed by atoms with E-state index in [4.69, 9.17) is 34.4 Å². The third kappa shape index (κ3) is 17.9. The van der Waals surface area contributed by atoms with Gasteiger partial charge in [0.2, 0.25) is 50.1 Å². The number of nitrogens with zero attached hydrogens (tertiary/aromatic N) is 8. The molecule has 2 aliphatic heterocycles. The minimum atomic E-state index is -3.50. The molecular weight excluding hydrogens is 1210 g/mol. The number of para-hydroxylation sites is 1. The van der Waals surface area contributed by atoms with E-state index in [1.165, 1.54) is 19.3 Å². The summed E-state index contributed by atoms with van der Waals surface area (Å²) in [4.78, 5) is 120. The lowest BCUT2D eigenvalue weighted by Crippen LogP contribution is -2.47. The van der Waals surface area contributed by atoms with Crippen molar-refractivity contribution in [3.05, 3.63) is 123 Å². The number of rotatable bonds is 31. The van der Waals surface area contributed by atoms with E-state index in [0.717, 1.165) is 22.8 Å². The number of pyridine rings is 2. The summed E-state index contributed by atoms with van der Waals surface area (Å²) in [5.41, 5.74) is 8.89. The van der Waals surface area contributed by atoms with Gasteiger partial charge >= 0.3 is 12.1 Å². The zero-order chi connectivity index (χ0) is 66.0. The summed E-state index contributed by atoms with van der Waals surface area (Å²) in [6.45, 7) is 7.64. The van der Waals surface area contributed by atoms with Gasteiger partial charge in [-0.1, -0.05) is 54.3 Å². The zero-order valence-corrected chi connectivity index (χ0v) is 52.7. The number of esters is 1. The summed E-state index contributed by atoms with van der Waals surface area (Å²) in [7, 11) is -3.50. The number of hydrogen-bond donors (Lipinski definition) is 5. The van der Waals surface area contributed by atoms with Crippen LogP contribution in [0.5, 0.6) is 0 Å². The molecule has 28 nitrogen and oxygen atoms in total. The Hall–Kier alpha value is -9.50. The van der Waals surface area contributed by atoms with Crippen LogP contribution in [0.2, 0.25) is 0 Å². The van der Waals surface area contributed by atoms with Crippen LogP contribution in [-0.2, 0) is 107 Å². The minimum Gasteiger partial charge on any atom is -0.457 e. The Labute approximate surface area is 531 Å². The lowest BCUT2D eigenvalue weighted by Gasteiger charge is -2.35. The van der Waals surface area contributed by atoms with Gasteiger partial charge in [0, 0.05) is 79.7 Å². The number of carbonyl (C=O) groups is 7. The molecule has 488 valence electrons. The van der Waals surface area contributed by atoms with Crippen LogP contribution in [0.4, 0.5) is 10.5 Å². The molecule has 8 rings (SSSR count). The van der Waals surface area contributed by atoms with Crippen LogP contribution in [0.25, 0.3) is 22.3 Å². The van der Waals surface area contributed by atoms with Crippen LogP contribution >= 0.6 is 0 Å². The minimum absolute atomic E-state index is 0.0263. The number of ether oxygens (including phenoxy) is 5. The maximum atomic E-state index is 14.4. The van der Waals surface area contributed by atoms with Crippen LogP contribution in [0.1, 0.15) is 112 Å². The lowest BCUT2D eigenvalue weighted by molar-refractivity contribution is -0.175. The molecule has 6 N–H and O–H groups in total. The lowest BCUT2D eigenvalue weighted by atomic mass is 9.85. The first-order chi connectivity index (χ1) is 44.2. The Morgan fingerprint density at radius 3 is 2.41 bits per heavy atom. The molecule has 2 aromatic carbocycles. The molecule has 29 heteroatoms. The number of anilines is 1. The first kappa shape index (κ1) is 68.4. The van der Waals surface area contributed by atoms with Gasteiger partial charge in [-0.2, -0.15) is 0 Å². The Balaban J connectivity index is 0.743. The number of amides is 5. The Morgan fingerprint density at radius 2 is 1.68 bits per heavy atom. The van der Waals surface area contributed by atoms with Crippen LogP contribution in [0.3, 0.4) is 0 Å². The summed E-state index contributed by atoms with van der Waals surface area (Å²) < 4.78 is 54.0. The van der Waals surface area contributed by atoms with Gasteiger partial charge in [-0.05, 0) is 94.3 Å². The van der Waals surface area contributed by atoms with Crippen molar-refractivity contribution in [3.8, 4) is 23.2 Å². The van der Waals surface area contributed by atoms with Crippen molar-refractivity contribution in [1.82, 2.24) is 55.4 Å². The van der Waals surface area contributed by atoms with E-state index in [9.17, 15) is 46.8 Å². The average molecular weight is 1290 g/mol.